The molecular weight excluding hydrogens is 320 g/mol. The van der Waals surface area contributed by atoms with Crippen LogP contribution in [0.3, 0.4) is 0 Å². The minimum absolute atomic E-state index is 0.0212. The van der Waals surface area contributed by atoms with E-state index in [2.05, 4.69) is 19.9 Å². The maximum Gasteiger partial charge on any atom is 0.315 e. The Balaban J connectivity index is 1.69. The molecule has 0 aromatic carbocycles. The maximum atomic E-state index is 12.9. The van der Waals surface area contributed by atoms with E-state index in [0.29, 0.717) is 26.1 Å². The van der Waals surface area contributed by atoms with E-state index in [9.17, 15) is 9.90 Å². The molecule has 0 unspecified atom stereocenters. The van der Waals surface area contributed by atoms with Crippen molar-refractivity contribution in [3.63, 3.8) is 0 Å². The van der Waals surface area contributed by atoms with Gasteiger partial charge < -0.3 is 19.3 Å². The molecule has 25 heavy (non-hydrogen) atoms. The highest BCUT2D eigenvalue weighted by Crippen LogP contribution is 2.65. The first-order chi connectivity index (χ1) is 11.7. The van der Waals surface area contributed by atoms with Crippen molar-refractivity contribution in [1.29, 1.82) is 0 Å². The summed E-state index contributed by atoms with van der Waals surface area (Å²) in [6.07, 6.45) is 4.35. The lowest BCUT2D eigenvalue weighted by atomic mass is 9.70. The Kier molecular flexibility index (Phi) is 3.88. The van der Waals surface area contributed by atoms with Crippen LogP contribution in [0.5, 0.6) is 0 Å². The van der Waals surface area contributed by atoms with E-state index in [-0.39, 0.29) is 29.1 Å². The van der Waals surface area contributed by atoms with Gasteiger partial charge in [0, 0.05) is 18.3 Å². The largest absolute Gasteiger partial charge is 0.468 e. The zero-order valence-corrected chi connectivity index (χ0v) is 15.7. The summed E-state index contributed by atoms with van der Waals surface area (Å²) in [4.78, 5) is 12.9. The smallest absolute Gasteiger partial charge is 0.315 e. The molecule has 4 rings (SSSR count). The summed E-state index contributed by atoms with van der Waals surface area (Å²) < 4.78 is 17.7. The monoisotopic (exact) mass is 350 g/mol. The molecule has 1 aliphatic heterocycles. The van der Waals surface area contributed by atoms with Crippen LogP contribution in [-0.4, -0.2) is 43.3 Å². The molecule has 5 nitrogen and oxygen atoms in total. The molecule has 3 fully saturated rings. The fourth-order valence-electron chi connectivity index (χ4n) is 5.84. The van der Waals surface area contributed by atoms with Gasteiger partial charge in [-0.3, -0.25) is 4.79 Å². The molecule has 1 spiro atoms. The summed E-state index contributed by atoms with van der Waals surface area (Å²) in [7, 11) is 1.43. The molecule has 0 radical (unpaired) electrons. The third-order valence-corrected chi connectivity index (χ3v) is 7.07. The molecule has 1 heterocycles. The highest BCUT2D eigenvalue weighted by molar-refractivity contribution is 5.79. The zero-order chi connectivity index (χ0) is 18.0. The summed E-state index contributed by atoms with van der Waals surface area (Å²) >= 11 is 0. The molecule has 5 heteroatoms. The molecule has 0 amide bonds. The van der Waals surface area contributed by atoms with E-state index < -0.39 is 17.3 Å². The number of hydrogen-bond donors (Lipinski definition) is 1. The highest BCUT2D eigenvalue weighted by atomic mass is 16.7. The van der Waals surface area contributed by atoms with Gasteiger partial charge in [0.05, 0.1) is 26.4 Å². The molecule has 140 valence electrons. The Morgan fingerprint density at radius 2 is 1.92 bits per heavy atom. The van der Waals surface area contributed by atoms with E-state index in [0.717, 1.165) is 18.4 Å². The van der Waals surface area contributed by atoms with Crippen LogP contribution in [0.1, 0.15) is 46.5 Å². The van der Waals surface area contributed by atoms with Gasteiger partial charge in [-0.15, -0.1) is 0 Å². The Bertz CT molecular complexity index is 599. The molecule has 0 aromatic heterocycles. The van der Waals surface area contributed by atoms with Crippen molar-refractivity contribution in [3.05, 3.63) is 11.6 Å². The first kappa shape index (κ1) is 17.5. The van der Waals surface area contributed by atoms with Crippen molar-refractivity contribution < 1.29 is 24.1 Å². The molecule has 1 saturated heterocycles. The lowest BCUT2D eigenvalue weighted by Gasteiger charge is -2.43. The van der Waals surface area contributed by atoms with Crippen LogP contribution in [0.15, 0.2) is 11.6 Å². The number of aliphatic hydroxyl groups is 1. The lowest BCUT2D eigenvalue weighted by Crippen LogP contribution is -2.50. The van der Waals surface area contributed by atoms with Crippen LogP contribution in [0.2, 0.25) is 0 Å². The molecule has 2 saturated carbocycles. The van der Waals surface area contributed by atoms with Crippen LogP contribution < -0.4 is 0 Å². The van der Waals surface area contributed by atoms with Crippen LogP contribution in [0, 0.1) is 28.6 Å². The zero-order valence-electron chi connectivity index (χ0n) is 15.7. The van der Waals surface area contributed by atoms with Crippen LogP contribution in [-0.2, 0) is 19.0 Å². The SMILES string of the molecule is COC(=O)[C@]12CC(C)=CC[C@H]([C@H]3CC4(C[C@H]31)OCC(C)(C)CO4)[C@@H]2O. The van der Waals surface area contributed by atoms with Gasteiger partial charge in [-0.1, -0.05) is 25.5 Å². The molecule has 1 N–H and O–H groups in total. The summed E-state index contributed by atoms with van der Waals surface area (Å²) in [5.41, 5.74) is 0.329. The van der Waals surface area contributed by atoms with Gasteiger partial charge >= 0.3 is 5.97 Å². The predicted molar refractivity (Wildman–Crippen MR) is 91.6 cm³/mol. The number of fused-ring (bicyclic) bond motifs is 5. The minimum atomic E-state index is -0.857. The first-order valence-electron chi connectivity index (χ1n) is 9.43. The van der Waals surface area contributed by atoms with Crippen molar-refractivity contribution in [1.82, 2.24) is 0 Å². The average Bonchev–Trinajstić information content (AvgIpc) is 2.97. The highest BCUT2D eigenvalue weighted by Gasteiger charge is 2.70. The molecule has 0 aromatic rings. The number of carbonyl (C=O) groups is 1. The number of rotatable bonds is 1. The topological polar surface area (TPSA) is 65.0 Å². The number of hydrogen-bond acceptors (Lipinski definition) is 5. The van der Waals surface area contributed by atoms with Crippen LogP contribution >= 0.6 is 0 Å². The van der Waals surface area contributed by atoms with Gasteiger partial charge in [0.1, 0.15) is 5.41 Å². The number of ether oxygens (including phenoxy) is 3. The lowest BCUT2D eigenvalue weighted by molar-refractivity contribution is -0.300. The van der Waals surface area contributed by atoms with E-state index in [1.807, 2.05) is 6.92 Å². The Labute approximate surface area is 149 Å². The van der Waals surface area contributed by atoms with Gasteiger partial charge in [0.2, 0.25) is 0 Å². The first-order valence-corrected chi connectivity index (χ1v) is 9.43. The van der Waals surface area contributed by atoms with Gasteiger partial charge in [-0.05, 0) is 37.5 Å². The number of carbonyl (C=O) groups excluding carboxylic acids is 1. The fraction of sp³-hybridized carbons (Fsp3) is 0.850. The fourth-order valence-corrected chi connectivity index (χ4v) is 5.84. The summed E-state index contributed by atoms with van der Waals surface area (Å²) in [6.45, 7) is 7.67. The second-order valence-electron chi connectivity index (χ2n) is 9.43. The summed E-state index contributed by atoms with van der Waals surface area (Å²) in [5, 5.41) is 11.1. The number of methoxy groups -OCH3 is 1. The third kappa shape index (κ3) is 2.42. The minimum Gasteiger partial charge on any atom is -0.468 e. The third-order valence-electron chi connectivity index (χ3n) is 7.07. The van der Waals surface area contributed by atoms with Crippen molar-refractivity contribution in [2.75, 3.05) is 20.3 Å². The maximum absolute atomic E-state index is 12.9. The van der Waals surface area contributed by atoms with E-state index >= 15 is 0 Å². The standard InChI is InChI=1S/C20H30O5/c1-12-5-6-13-14-8-19(24-10-18(2,3)11-25-19)9-15(14)20(7-12,16(13)21)17(22)23-4/h5,13-16,21H,6-11H2,1-4H3/t13-,14-,15-,16+,20-/m1/s1. The van der Waals surface area contributed by atoms with Gasteiger partial charge in [-0.2, -0.15) is 0 Å². The molecule has 2 bridgehead atoms. The van der Waals surface area contributed by atoms with Crippen molar-refractivity contribution in [2.45, 2.75) is 58.3 Å². The van der Waals surface area contributed by atoms with E-state index in [4.69, 9.17) is 14.2 Å². The Morgan fingerprint density at radius 1 is 1.24 bits per heavy atom. The van der Waals surface area contributed by atoms with Gasteiger partial charge in [-0.25, -0.2) is 0 Å². The van der Waals surface area contributed by atoms with Gasteiger partial charge in [0.25, 0.3) is 0 Å². The van der Waals surface area contributed by atoms with E-state index in [1.54, 1.807) is 0 Å². The second kappa shape index (κ2) is 5.54. The predicted octanol–water partition coefficient (Wildman–Crippen LogP) is 2.67. The number of allylic oxidation sites excluding steroid dienone is 2. The molecule has 4 aliphatic rings. The average molecular weight is 350 g/mol. The molecular formula is C20H30O5. The molecule has 3 aliphatic carbocycles. The van der Waals surface area contributed by atoms with Crippen molar-refractivity contribution in [2.24, 2.45) is 28.6 Å². The normalized spacial score (nSPS) is 44.1. The number of esters is 1. The van der Waals surface area contributed by atoms with Gasteiger partial charge in [0.15, 0.2) is 5.79 Å². The van der Waals surface area contributed by atoms with Crippen LogP contribution in [0.25, 0.3) is 0 Å². The molecule has 5 atom stereocenters. The van der Waals surface area contributed by atoms with E-state index in [1.165, 1.54) is 7.11 Å². The van der Waals surface area contributed by atoms with Crippen molar-refractivity contribution >= 4 is 5.97 Å². The Hall–Kier alpha value is -0.910. The quantitative estimate of drug-likeness (QED) is 0.582. The Morgan fingerprint density at radius 3 is 2.56 bits per heavy atom. The second-order valence-corrected chi connectivity index (χ2v) is 9.43. The summed E-state index contributed by atoms with van der Waals surface area (Å²) in [6, 6.07) is 0. The summed E-state index contributed by atoms with van der Waals surface area (Å²) in [5.74, 6) is -0.520. The number of aliphatic hydroxyl groups excluding tert-OH is 1. The van der Waals surface area contributed by atoms with Crippen LogP contribution in [0.4, 0.5) is 0 Å². The van der Waals surface area contributed by atoms with Crippen molar-refractivity contribution in [3.8, 4) is 0 Å².